The number of ether oxygens (including phenoxy) is 1. The summed E-state index contributed by atoms with van der Waals surface area (Å²) in [5.41, 5.74) is 7.37. The summed E-state index contributed by atoms with van der Waals surface area (Å²) < 4.78 is 18.5. The normalized spacial score (nSPS) is 12.3. The number of halogens is 3. The molecule has 0 bridgehead atoms. The molecular weight excluding hydrogens is 288 g/mol. The van der Waals surface area contributed by atoms with Gasteiger partial charge in [0.15, 0.2) is 0 Å². The Morgan fingerprint density at radius 1 is 1.11 bits per heavy atom. The van der Waals surface area contributed by atoms with Crippen LogP contribution in [-0.2, 0) is 0 Å². The van der Waals surface area contributed by atoms with E-state index in [9.17, 15) is 4.39 Å². The minimum absolute atomic E-state index is 0.376. The predicted molar refractivity (Wildman–Crippen MR) is 75.4 cm³/mol. The molecule has 2 aromatic rings. The Hall–Kier alpha value is -1.29. The maximum atomic E-state index is 13.4. The van der Waals surface area contributed by atoms with Gasteiger partial charge in [-0.15, -0.1) is 0 Å². The van der Waals surface area contributed by atoms with E-state index in [1.807, 2.05) is 0 Å². The van der Waals surface area contributed by atoms with Gasteiger partial charge in [-0.3, -0.25) is 0 Å². The second kappa shape index (κ2) is 5.78. The van der Waals surface area contributed by atoms with Crippen LogP contribution in [0, 0.1) is 5.82 Å². The van der Waals surface area contributed by atoms with Crippen molar-refractivity contribution in [2.45, 2.75) is 6.04 Å². The summed E-state index contributed by atoms with van der Waals surface area (Å²) >= 11 is 11.9. The zero-order chi connectivity index (χ0) is 14.0. The Morgan fingerprint density at radius 2 is 1.74 bits per heavy atom. The van der Waals surface area contributed by atoms with Crippen LogP contribution in [0.5, 0.6) is 5.75 Å². The molecule has 2 rings (SSSR count). The first-order valence-electron chi connectivity index (χ1n) is 5.56. The third-order valence-corrected chi connectivity index (χ3v) is 3.21. The van der Waals surface area contributed by atoms with Crippen molar-refractivity contribution in [1.82, 2.24) is 0 Å². The smallest absolute Gasteiger partial charge is 0.124 e. The third kappa shape index (κ3) is 3.18. The fourth-order valence-corrected chi connectivity index (χ4v) is 2.43. The number of rotatable bonds is 3. The molecule has 0 saturated heterocycles. The number of nitrogens with two attached hydrogens (primary N) is 1. The molecule has 0 spiro atoms. The topological polar surface area (TPSA) is 35.2 Å². The summed E-state index contributed by atoms with van der Waals surface area (Å²) in [4.78, 5) is 0. The fraction of sp³-hybridized carbons (Fsp3) is 0.143. The molecule has 0 aliphatic carbocycles. The monoisotopic (exact) mass is 299 g/mol. The van der Waals surface area contributed by atoms with E-state index >= 15 is 0 Å². The SMILES string of the molecule is COc1ccc(F)cc1C(N)c1cc(Cl)cc(Cl)c1. The predicted octanol–water partition coefficient (Wildman–Crippen LogP) is 4.19. The second-order valence-electron chi connectivity index (χ2n) is 4.07. The van der Waals surface area contributed by atoms with Gasteiger partial charge in [0.05, 0.1) is 13.2 Å². The van der Waals surface area contributed by atoms with Crippen molar-refractivity contribution in [3.8, 4) is 5.75 Å². The molecule has 0 aliphatic rings. The summed E-state index contributed by atoms with van der Waals surface area (Å²) in [6.07, 6.45) is 0. The zero-order valence-corrected chi connectivity index (χ0v) is 11.7. The first kappa shape index (κ1) is 14.1. The van der Waals surface area contributed by atoms with Gasteiger partial charge in [-0.05, 0) is 42.0 Å². The van der Waals surface area contributed by atoms with Gasteiger partial charge in [0, 0.05) is 15.6 Å². The molecule has 0 aliphatic heterocycles. The maximum Gasteiger partial charge on any atom is 0.124 e. The van der Waals surface area contributed by atoms with Crippen LogP contribution in [0.25, 0.3) is 0 Å². The van der Waals surface area contributed by atoms with E-state index in [1.165, 1.54) is 25.3 Å². The minimum atomic E-state index is -0.568. The lowest BCUT2D eigenvalue weighted by Crippen LogP contribution is -2.13. The maximum absolute atomic E-state index is 13.4. The van der Waals surface area contributed by atoms with Crippen LogP contribution in [0.4, 0.5) is 4.39 Å². The van der Waals surface area contributed by atoms with Crippen LogP contribution < -0.4 is 10.5 Å². The molecule has 1 atom stereocenters. The Kier molecular flexibility index (Phi) is 4.30. The highest BCUT2D eigenvalue weighted by Crippen LogP contribution is 2.31. The van der Waals surface area contributed by atoms with Crippen molar-refractivity contribution in [3.63, 3.8) is 0 Å². The average molecular weight is 300 g/mol. The molecular formula is C14H12Cl2FNO. The molecule has 0 radical (unpaired) electrons. The highest BCUT2D eigenvalue weighted by molar-refractivity contribution is 6.34. The standard InChI is InChI=1S/C14H12Cl2FNO/c1-19-13-3-2-11(17)7-12(13)14(18)8-4-9(15)6-10(16)5-8/h2-7,14H,18H2,1H3. The fourth-order valence-electron chi connectivity index (χ4n) is 1.88. The molecule has 0 heterocycles. The Balaban J connectivity index is 2.48. The van der Waals surface area contributed by atoms with Crippen LogP contribution >= 0.6 is 23.2 Å². The zero-order valence-electron chi connectivity index (χ0n) is 10.2. The van der Waals surface area contributed by atoms with E-state index in [1.54, 1.807) is 18.2 Å². The molecule has 2 nitrogen and oxygen atoms in total. The molecule has 0 aromatic heterocycles. The van der Waals surface area contributed by atoms with Gasteiger partial charge in [0.25, 0.3) is 0 Å². The van der Waals surface area contributed by atoms with Crippen molar-refractivity contribution in [1.29, 1.82) is 0 Å². The van der Waals surface area contributed by atoms with Gasteiger partial charge in [-0.1, -0.05) is 23.2 Å². The van der Waals surface area contributed by atoms with E-state index in [0.717, 1.165) is 0 Å². The van der Waals surface area contributed by atoms with Crippen LogP contribution in [0.15, 0.2) is 36.4 Å². The van der Waals surface area contributed by atoms with E-state index in [0.29, 0.717) is 26.9 Å². The average Bonchev–Trinajstić information content (AvgIpc) is 2.36. The number of benzene rings is 2. The molecule has 19 heavy (non-hydrogen) atoms. The van der Waals surface area contributed by atoms with Crippen LogP contribution in [-0.4, -0.2) is 7.11 Å². The number of hydrogen-bond acceptors (Lipinski definition) is 2. The van der Waals surface area contributed by atoms with Gasteiger partial charge in [-0.25, -0.2) is 4.39 Å². The second-order valence-corrected chi connectivity index (χ2v) is 4.94. The molecule has 2 aromatic carbocycles. The van der Waals surface area contributed by atoms with Crippen LogP contribution in [0.1, 0.15) is 17.2 Å². The molecule has 2 N–H and O–H groups in total. The summed E-state index contributed by atoms with van der Waals surface area (Å²) in [5.74, 6) is 0.143. The van der Waals surface area contributed by atoms with E-state index in [4.69, 9.17) is 33.7 Å². The van der Waals surface area contributed by atoms with Crippen molar-refractivity contribution in [2.24, 2.45) is 5.73 Å². The van der Waals surface area contributed by atoms with E-state index in [2.05, 4.69) is 0 Å². The van der Waals surface area contributed by atoms with Gasteiger partial charge < -0.3 is 10.5 Å². The minimum Gasteiger partial charge on any atom is -0.496 e. The number of hydrogen-bond donors (Lipinski definition) is 1. The van der Waals surface area contributed by atoms with Gasteiger partial charge in [-0.2, -0.15) is 0 Å². The number of methoxy groups -OCH3 is 1. The van der Waals surface area contributed by atoms with Gasteiger partial charge >= 0.3 is 0 Å². The van der Waals surface area contributed by atoms with Gasteiger partial charge in [0.1, 0.15) is 11.6 Å². The summed E-state index contributed by atoms with van der Waals surface area (Å²) in [5, 5.41) is 0.960. The quantitative estimate of drug-likeness (QED) is 0.922. The lowest BCUT2D eigenvalue weighted by atomic mass is 9.98. The molecule has 100 valence electrons. The van der Waals surface area contributed by atoms with E-state index < -0.39 is 6.04 Å². The lowest BCUT2D eigenvalue weighted by molar-refractivity contribution is 0.406. The Labute approximate surface area is 120 Å². The first-order chi connectivity index (χ1) is 9.01. The van der Waals surface area contributed by atoms with Gasteiger partial charge in [0.2, 0.25) is 0 Å². The van der Waals surface area contributed by atoms with Crippen LogP contribution in [0.3, 0.4) is 0 Å². The summed E-state index contributed by atoms with van der Waals surface area (Å²) in [7, 11) is 1.51. The lowest BCUT2D eigenvalue weighted by Gasteiger charge is -2.16. The summed E-state index contributed by atoms with van der Waals surface area (Å²) in [6, 6.07) is 8.64. The largest absolute Gasteiger partial charge is 0.496 e. The third-order valence-electron chi connectivity index (χ3n) is 2.77. The molecule has 0 amide bonds. The highest BCUT2D eigenvalue weighted by Gasteiger charge is 2.16. The first-order valence-corrected chi connectivity index (χ1v) is 6.32. The molecule has 0 saturated carbocycles. The van der Waals surface area contributed by atoms with Crippen molar-refractivity contribution in [3.05, 3.63) is 63.4 Å². The van der Waals surface area contributed by atoms with Crippen molar-refractivity contribution < 1.29 is 9.13 Å². The Bertz CT molecular complexity index is 584. The van der Waals surface area contributed by atoms with Crippen LogP contribution in [0.2, 0.25) is 10.0 Å². The van der Waals surface area contributed by atoms with Crippen molar-refractivity contribution >= 4 is 23.2 Å². The molecule has 5 heteroatoms. The molecule has 1 unspecified atom stereocenters. The summed E-state index contributed by atoms with van der Waals surface area (Å²) in [6.45, 7) is 0. The highest BCUT2D eigenvalue weighted by atomic mass is 35.5. The van der Waals surface area contributed by atoms with Crippen molar-refractivity contribution in [2.75, 3.05) is 7.11 Å². The Morgan fingerprint density at radius 3 is 2.32 bits per heavy atom. The van der Waals surface area contributed by atoms with E-state index in [-0.39, 0.29) is 5.82 Å². The molecule has 0 fully saturated rings.